The Hall–Kier alpha value is -0.630. The molecule has 1 atom stereocenters. The third-order valence-corrected chi connectivity index (χ3v) is 2.86. The van der Waals surface area contributed by atoms with E-state index in [-0.39, 0.29) is 18.3 Å². The quantitative estimate of drug-likeness (QED) is 0.663. The summed E-state index contributed by atoms with van der Waals surface area (Å²) in [5.41, 5.74) is 1.01. The summed E-state index contributed by atoms with van der Waals surface area (Å²) in [5.74, 6) is 0.367. The molecule has 0 aromatic heterocycles. The first kappa shape index (κ1) is 11.4. The van der Waals surface area contributed by atoms with E-state index in [1.807, 2.05) is 0 Å². The van der Waals surface area contributed by atoms with Crippen LogP contribution in [0.25, 0.3) is 0 Å². The minimum Gasteiger partial charge on any atom is -0.396 e. The molecule has 1 rings (SSSR count). The van der Waals surface area contributed by atoms with Gasteiger partial charge in [-0.2, -0.15) is 0 Å². The first-order chi connectivity index (χ1) is 6.79. The maximum absolute atomic E-state index is 11.7. The van der Waals surface area contributed by atoms with Gasteiger partial charge in [-0.05, 0) is 31.3 Å². The summed E-state index contributed by atoms with van der Waals surface area (Å²) < 4.78 is 0. The first-order valence-corrected chi connectivity index (χ1v) is 5.63. The topological polar surface area (TPSA) is 37.3 Å². The van der Waals surface area contributed by atoms with E-state index in [0.717, 1.165) is 24.8 Å². The van der Waals surface area contributed by atoms with Crippen LogP contribution in [0.3, 0.4) is 0 Å². The molecule has 0 saturated carbocycles. The van der Waals surface area contributed by atoms with E-state index in [9.17, 15) is 4.79 Å². The van der Waals surface area contributed by atoms with Crippen molar-refractivity contribution in [1.29, 1.82) is 0 Å². The summed E-state index contributed by atoms with van der Waals surface area (Å²) in [7, 11) is 0. The number of Topliss-reactive ketones (excluding diaryl/α,β-unsaturated/α-hetero) is 1. The molecular formula is C12H20O2. The van der Waals surface area contributed by atoms with Crippen LogP contribution < -0.4 is 0 Å². The van der Waals surface area contributed by atoms with Crippen molar-refractivity contribution >= 4 is 5.78 Å². The lowest BCUT2D eigenvalue weighted by molar-refractivity contribution is -0.118. The summed E-state index contributed by atoms with van der Waals surface area (Å²) in [6.45, 7) is 2.30. The lowest BCUT2D eigenvalue weighted by Gasteiger charge is -2.06. The van der Waals surface area contributed by atoms with Crippen LogP contribution in [0, 0.1) is 5.92 Å². The smallest absolute Gasteiger partial charge is 0.162 e. The van der Waals surface area contributed by atoms with E-state index in [1.165, 1.54) is 12.8 Å². The molecule has 1 aliphatic rings. The fourth-order valence-electron chi connectivity index (χ4n) is 1.95. The highest BCUT2D eigenvalue weighted by molar-refractivity contribution is 5.99. The Morgan fingerprint density at radius 1 is 1.50 bits per heavy atom. The number of unbranched alkanes of at least 4 members (excludes halogenated alkanes) is 2. The number of carbonyl (C=O) groups excluding carboxylic acids is 1. The normalized spacial score (nSPS) is 21.4. The molecule has 1 unspecified atom stereocenters. The first-order valence-electron chi connectivity index (χ1n) is 5.63. The van der Waals surface area contributed by atoms with Gasteiger partial charge in [0, 0.05) is 12.5 Å². The largest absolute Gasteiger partial charge is 0.396 e. The van der Waals surface area contributed by atoms with Crippen LogP contribution >= 0.6 is 0 Å². The van der Waals surface area contributed by atoms with Crippen LogP contribution in [-0.2, 0) is 4.79 Å². The Kier molecular flexibility index (Phi) is 4.88. The number of aliphatic hydroxyl groups excluding tert-OH is 1. The van der Waals surface area contributed by atoms with Gasteiger partial charge in [0.1, 0.15) is 0 Å². The molecule has 0 saturated heterocycles. The molecule has 14 heavy (non-hydrogen) atoms. The van der Waals surface area contributed by atoms with Gasteiger partial charge in [0.15, 0.2) is 5.78 Å². The van der Waals surface area contributed by atoms with Gasteiger partial charge in [0.25, 0.3) is 0 Å². The highest BCUT2D eigenvalue weighted by Gasteiger charge is 2.25. The maximum atomic E-state index is 11.7. The van der Waals surface area contributed by atoms with Crippen molar-refractivity contribution < 1.29 is 9.90 Å². The van der Waals surface area contributed by atoms with Gasteiger partial charge in [-0.3, -0.25) is 4.79 Å². The lowest BCUT2D eigenvalue weighted by Crippen LogP contribution is -2.11. The zero-order valence-electron chi connectivity index (χ0n) is 8.96. The molecule has 0 radical (unpaired) electrons. The fourth-order valence-corrected chi connectivity index (χ4v) is 1.95. The standard InChI is InChI=1S/C12H20O2/c1-2-3-4-5-10-6-7-11(8-9-13)12(10)14/h6,11,13H,2-5,7-9H2,1H3. The fraction of sp³-hybridized carbons (Fsp3) is 0.750. The van der Waals surface area contributed by atoms with Gasteiger partial charge < -0.3 is 5.11 Å². The summed E-state index contributed by atoms with van der Waals surface area (Å²) in [6.07, 6.45) is 8.01. The summed E-state index contributed by atoms with van der Waals surface area (Å²) in [5, 5.41) is 8.77. The van der Waals surface area contributed by atoms with E-state index >= 15 is 0 Å². The molecule has 0 aliphatic heterocycles. The summed E-state index contributed by atoms with van der Waals surface area (Å²) >= 11 is 0. The van der Waals surface area contributed by atoms with Crippen molar-refractivity contribution in [3.05, 3.63) is 11.6 Å². The third-order valence-electron chi connectivity index (χ3n) is 2.86. The molecule has 2 nitrogen and oxygen atoms in total. The number of hydrogen-bond donors (Lipinski definition) is 1. The minimum absolute atomic E-state index is 0.0802. The SMILES string of the molecule is CCCCCC1=CCC(CCO)C1=O. The highest BCUT2D eigenvalue weighted by Crippen LogP contribution is 2.27. The second-order valence-electron chi connectivity index (χ2n) is 4.00. The predicted octanol–water partition coefficient (Wildman–Crippen LogP) is 2.46. The van der Waals surface area contributed by atoms with E-state index in [1.54, 1.807) is 0 Å². The van der Waals surface area contributed by atoms with Crippen LogP contribution in [0.5, 0.6) is 0 Å². The highest BCUT2D eigenvalue weighted by atomic mass is 16.3. The average molecular weight is 196 g/mol. The van der Waals surface area contributed by atoms with Gasteiger partial charge in [-0.25, -0.2) is 0 Å². The molecule has 1 N–H and O–H groups in total. The Balaban J connectivity index is 2.31. The van der Waals surface area contributed by atoms with Crippen molar-refractivity contribution in [3.8, 4) is 0 Å². The van der Waals surface area contributed by atoms with E-state index in [4.69, 9.17) is 5.11 Å². The number of ketones is 1. The average Bonchev–Trinajstić information content (AvgIpc) is 2.51. The molecule has 0 amide bonds. The Labute approximate surface area is 86.0 Å². The Bertz CT molecular complexity index is 218. The van der Waals surface area contributed by atoms with Crippen LogP contribution in [0.1, 0.15) is 45.4 Å². The van der Waals surface area contributed by atoms with Crippen LogP contribution in [0.4, 0.5) is 0 Å². The molecule has 2 heteroatoms. The van der Waals surface area contributed by atoms with Gasteiger partial charge in [-0.15, -0.1) is 0 Å². The zero-order chi connectivity index (χ0) is 10.4. The molecule has 0 aromatic carbocycles. The second kappa shape index (κ2) is 5.97. The predicted molar refractivity (Wildman–Crippen MR) is 57.0 cm³/mol. The third kappa shape index (κ3) is 2.95. The molecule has 0 spiro atoms. The van der Waals surface area contributed by atoms with Gasteiger partial charge in [0.2, 0.25) is 0 Å². The zero-order valence-corrected chi connectivity index (χ0v) is 8.96. The lowest BCUT2D eigenvalue weighted by atomic mass is 9.98. The maximum Gasteiger partial charge on any atom is 0.162 e. The van der Waals surface area contributed by atoms with Crippen LogP contribution in [-0.4, -0.2) is 17.5 Å². The van der Waals surface area contributed by atoms with Crippen LogP contribution in [0.15, 0.2) is 11.6 Å². The minimum atomic E-state index is 0.0802. The number of carbonyl (C=O) groups is 1. The second-order valence-corrected chi connectivity index (χ2v) is 4.00. The summed E-state index contributed by atoms with van der Waals surface area (Å²) in [6, 6.07) is 0. The molecule has 0 heterocycles. The van der Waals surface area contributed by atoms with Crippen molar-refractivity contribution in [2.45, 2.75) is 45.4 Å². The van der Waals surface area contributed by atoms with Crippen molar-refractivity contribution in [3.63, 3.8) is 0 Å². The van der Waals surface area contributed by atoms with Crippen molar-refractivity contribution in [1.82, 2.24) is 0 Å². The van der Waals surface area contributed by atoms with Crippen molar-refractivity contribution in [2.75, 3.05) is 6.61 Å². The Morgan fingerprint density at radius 3 is 2.93 bits per heavy atom. The van der Waals surface area contributed by atoms with Crippen molar-refractivity contribution in [2.24, 2.45) is 5.92 Å². The molecular weight excluding hydrogens is 176 g/mol. The molecule has 0 fully saturated rings. The Morgan fingerprint density at radius 2 is 2.29 bits per heavy atom. The number of rotatable bonds is 6. The number of hydrogen-bond acceptors (Lipinski definition) is 2. The molecule has 0 aromatic rings. The molecule has 1 aliphatic carbocycles. The summed E-state index contributed by atoms with van der Waals surface area (Å²) in [4.78, 5) is 11.7. The van der Waals surface area contributed by atoms with Crippen LogP contribution in [0.2, 0.25) is 0 Å². The van der Waals surface area contributed by atoms with Gasteiger partial charge in [0.05, 0.1) is 0 Å². The number of allylic oxidation sites excluding steroid dienone is 2. The van der Waals surface area contributed by atoms with E-state index in [0.29, 0.717) is 6.42 Å². The van der Waals surface area contributed by atoms with E-state index in [2.05, 4.69) is 13.0 Å². The number of aliphatic hydroxyl groups is 1. The molecule has 0 bridgehead atoms. The van der Waals surface area contributed by atoms with E-state index < -0.39 is 0 Å². The van der Waals surface area contributed by atoms with Gasteiger partial charge >= 0.3 is 0 Å². The monoisotopic (exact) mass is 196 g/mol. The van der Waals surface area contributed by atoms with Gasteiger partial charge in [-0.1, -0.05) is 25.8 Å². The molecule has 80 valence electrons.